The highest BCUT2D eigenvalue weighted by molar-refractivity contribution is 6.35. The molecule has 1 aliphatic rings. The van der Waals surface area contributed by atoms with Gasteiger partial charge in [0.05, 0.1) is 25.0 Å². The highest BCUT2D eigenvalue weighted by Crippen LogP contribution is 2.38. The second-order valence-corrected chi connectivity index (χ2v) is 8.03. The normalized spacial score (nSPS) is 15.9. The second-order valence-electron chi connectivity index (χ2n) is 7.18. The van der Waals surface area contributed by atoms with E-state index in [0.29, 0.717) is 23.3 Å². The summed E-state index contributed by atoms with van der Waals surface area (Å²) in [5, 5.41) is 1.24. The van der Waals surface area contributed by atoms with E-state index in [1.54, 1.807) is 6.07 Å². The largest absolute Gasteiger partial charge is 0.490 e. The lowest BCUT2D eigenvalue weighted by Gasteiger charge is -2.24. The summed E-state index contributed by atoms with van der Waals surface area (Å²) in [6.45, 7) is 7.67. The fourth-order valence-corrected chi connectivity index (χ4v) is 3.79. The predicted octanol–water partition coefficient (Wildman–Crippen LogP) is 7.02. The van der Waals surface area contributed by atoms with Crippen molar-refractivity contribution in [2.75, 3.05) is 13.2 Å². The third kappa shape index (κ3) is 5.34. The summed E-state index contributed by atoms with van der Waals surface area (Å²) >= 11 is 12.3. The van der Waals surface area contributed by atoms with Gasteiger partial charge in [-0.25, -0.2) is 0 Å². The monoisotopic (exact) mass is 431 g/mol. The van der Waals surface area contributed by atoms with Gasteiger partial charge in [-0.1, -0.05) is 49.2 Å². The number of fused-ring (bicyclic) bond motifs is 1. The van der Waals surface area contributed by atoms with Crippen molar-refractivity contribution in [1.82, 2.24) is 0 Å². The lowest BCUT2D eigenvalue weighted by atomic mass is 9.92. The summed E-state index contributed by atoms with van der Waals surface area (Å²) in [6, 6.07) is 9.72. The van der Waals surface area contributed by atoms with Crippen LogP contribution in [0.4, 0.5) is 0 Å². The van der Waals surface area contributed by atoms with Gasteiger partial charge in [0.1, 0.15) is 0 Å². The van der Waals surface area contributed by atoms with Gasteiger partial charge in [0.25, 0.3) is 0 Å². The number of benzene rings is 2. The van der Waals surface area contributed by atoms with Gasteiger partial charge in [0.15, 0.2) is 11.5 Å². The van der Waals surface area contributed by atoms with Crippen molar-refractivity contribution in [3.8, 4) is 11.5 Å². The number of halogens is 2. The molecule has 29 heavy (non-hydrogen) atoms. The van der Waals surface area contributed by atoms with Gasteiger partial charge in [0.2, 0.25) is 0 Å². The Balaban J connectivity index is 1.98. The Bertz CT molecular complexity index is 921. The molecule has 2 aromatic carbocycles. The lowest BCUT2D eigenvalue weighted by Crippen LogP contribution is -2.19. The maximum atomic E-state index is 6.32. The molecule has 1 atom stereocenters. The van der Waals surface area contributed by atoms with Crippen LogP contribution in [-0.4, -0.2) is 25.0 Å². The van der Waals surface area contributed by atoms with Gasteiger partial charge in [-0.2, -0.15) is 0 Å². The van der Waals surface area contributed by atoms with E-state index < -0.39 is 0 Å². The van der Waals surface area contributed by atoms with Crippen LogP contribution in [0.1, 0.15) is 50.3 Å². The molecule has 1 unspecified atom stereocenters. The first-order valence-electron chi connectivity index (χ1n) is 10.2. The number of rotatable bonds is 8. The van der Waals surface area contributed by atoms with Crippen molar-refractivity contribution in [2.45, 2.75) is 46.1 Å². The van der Waals surface area contributed by atoms with Crippen LogP contribution in [-0.2, 0) is 6.42 Å². The van der Waals surface area contributed by atoms with E-state index in [2.05, 4.69) is 26.8 Å². The fraction of sp³-hybridized carbons (Fsp3) is 0.375. The number of allylic oxidation sites excluding steroid dienone is 1. The standard InChI is InChI=1S/C24H27Cl2NO2/c1-4-12-28-23-11-9-19-20(24(23)29-13-5-2)14-16(3)27-22(19)10-7-17-6-8-18(25)15-21(17)26/h6-11,15-16H,4-5,12-14H2,1-3H3/b10-7+. The average molecular weight is 432 g/mol. The minimum absolute atomic E-state index is 0.160. The molecule has 0 radical (unpaired) electrons. The number of aliphatic imine (C=N–C) groups is 1. The molecule has 3 rings (SSSR count). The smallest absolute Gasteiger partial charge is 0.165 e. The van der Waals surface area contributed by atoms with E-state index in [1.165, 1.54) is 0 Å². The molecule has 0 saturated heterocycles. The molecule has 1 aliphatic heterocycles. The van der Waals surface area contributed by atoms with Crippen molar-refractivity contribution in [3.63, 3.8) is 0 Å². The molecular formula is C24H27Cl2NO2. The van der Waals surface area contributed by atoms with Crippen LogP contribution in [0.15, 0.2) is 41.4 Å². The Morgan fingerprint density at radius 3 is 2.52 bits per heavy atom. The minimum Gasteiger partial charge on any atom is -0.490 e. The first kappa shape index (κ1) is 21.7. The zero-order valence-electron chi connectivity index (χ0n) is 17.2. The zero-order valence-corrected chi connectivity index (χ0v) is 18.7. The third-order valence-corrected chi connectivity index (χ3v) is 5.22. The first-order chi connectivity index (χ1) is 14.0. The van der Waals surface area contributed by atoms with Gasteiger partial charge in [-0.15, -0.1) is 0 Å². The van der Waals surface area contributed by atoms with Crippen LogP contribution < -0.4 is 9.47 Å². The quantitative estimate of drug-likeness (QED) is 0.449. The molecule has 154 valence electrons. The molecule has 0 fully saturated rings. The SMILES string of the molecule is CCCOc1ccc2c(c1OCCC)CC(C)N=C2/C=C/c1ccc(Cl)cc1Cl. The summed E-state index contributed by atoms with van der Waals surface area (Å²) in [6.07, 6.45) is 6.73. The molecule has 0 N–H and O–H groups in total. The highest BCUT2D eigenvalue weighted by Gasteiger charge is 2.24. The van der Waals surface area contributed by atoms with E-state index in [4.69, 9.17) is 37.7 Å². The van der Waals surface area contributed by atoms with Crippen molar-refractivity contribution in [3.05, 3.63) is 63.1 Å². The first-order valence-corrected chi connectivity index (χ1v) is 10.9. The summed E-state index contributed by atoms with van der Waals surface area (Å²) in [5.74, 6) is 1.67. The molecule has 0 aromatic heterocycles. The van der Waals surface area contributed by atoms with Crippen LogP contribution >= 0.6 is 23.2 Å². The molecule has 0 aliphatic carbocycles. The van der Waals surface area contributed by atoms with Crippen LogP contribution in [0, 0.1) is 0 Å². The Kier molecular flexibility index (Phi) is 7.63. The number of hydrogen-bond acceptors (Lipinski definition) is 3. The topological polar surface area (TPSA) is 30.8 Å². The fourth-order valence-electron chi connectivity index (χ4n) is 3.32. The number of ether oxygens (including phenoxy) is 2. The minimum atomic E-state index is 0.160. The molecule has 0 amide bonds. The van der Waals surface area contributed by atoms with Crippen LogP contribution in [0.5, 0.6) is 11.5 Å². The van der Waals surface area contributed by atoms with Crippen molar-refractivity contribution in [2.24, 2.45) is 4.99 Å². The van der Waals surface area contributed by atoms with E-state index in [0.717, 1.165) is 53.2 Å². The van der Waals surface area contributed by atoms with E-state index in [1.807, 2.05) is 30.4 Å². The summed E-state index contributed by atoms with van der Waals surface area (Å²) in [4.78, 5) is 4.86. The number of nitrogens with zero attached hydrogens (tertiary/aromatic N) is 1. The molecule has 2 aromatic rings. The number of hydrogen-bond donors (Lipinski definition) is 0. The maximum absolute atomic E-state index is 6.32. The van der Waals surface area contributed by atoms with Crippen LogP contribution in [0.2, 0.25) is 10.0 Å². The van der Waals surface area contributed by atoms with Gasteiger partial charge in [-0.3, -0.25) is 4.99 Å². The van der Waals surface area contributed by atoms with Crippen molar-refractivity contribution < 1.29 is 9.47 Å². The van der Waals surface area contributed by atoms with E-state index >= 15 is 0 Å². The zero-order chi connectivity index (χ0) is 20.8. The molecule has 3 nitrogen and oxygen atoms in total. The van der Waals surface area contributed by atoms with Crippen LogP contribution in [0.25, 0.3) is 6.08 Å². The molecule has 0 bridgehead atoms. The van der Waals surface area contributed by atoms with Gasteiger partial charge < -0.3 is 9.47 Å². The Labute approximate surface area is 183 Å². The molecule has 0 saturated carbocycles. The molecule has 5 heteroatoms. The maximum Gasteiger partial charge on any atom is 0.165 e. The van der Waals surface area contributed by atoms with Crippen molar-refractivity contribution in [1.29, 1.82) is 0 Å². The van der Waals surface area contributed by atoms with Gasteiger partial charge in [-0.05, 0) is 62.1 Å². The van der Waals surface area contributed by atoms with Crippen LogP contribution in [0.3, 0.4) is 0 Å². The summed E-state index contributed by atoms with van der Waals surface area (Å²) in [7, 11) is 0. The molecular weight excluding hydrogens is 405 g/mol. The summed E-state index contributed by atoms with van der Waals surface area (Å²) in [5.41, 5.74) is 4.08. The third-order valence-electron chi connectivity index (χ3n) is 4.65. The second kappa shape index (κ2) is 10.2. The molecule has 0 spiro atoms. The summed E-state index contributed by atoms with van der Waals surface area (Å²) < 4.78 is 12.1. The van der Waals surface area contributed by atoms with Gasteiger partial charge in [0, 0.05) is 21.2 Å². The van der Waals surface area contributed by atoms with E-state index in [-0.39, 0.29) is 6.04 Å². The van der Waals surface area contributed by atoms with Crippen molar-refractivity contribution >= 4 is 35.0 Å². The Morgan fingerprint density at radius 2 is 1.79 bits per heavy atom. The molecule has 1 heterocycles. The van der Waals surface area contributed by atoms with E-state index in [9.17, 15) is 0 Å². The average Bonchev–Trinajstić information content (AvgIpc) is 2.70. The predicted molar refractivity (Wildman–Crippen MR) is 123 cm³/mol. The Hall–Kier alpha value is -1.97. The van der Waals surface area contributed by atoms with Gasteiger partial charge >= 0.3 is 0 Å². The Morgan fingerprint density at radius 1 is 1.03 bits per heavy atom. The highest BCUT2D eigenvalue weighted by atomic mass is 35.5. The lowest BCUT2D eigenvalue weighted by molar-refractivity contribution is 0.265.